The molecule has 172 valence electrons. The molecule has 0 unspecified atom stereocenters. The Balaban J connectivity index is 1.38. The van der Waals surface area contributed by atoms with Crippen LogP contribution in [0.1, 0.15) is 32.6 Å². The molecule has 4 rings (SSSR count). The van der Waals surface area contributed by atoms with Crippen LogP contribution in [-0.4, -0.2) is 46.7 Å². The first-order valence-corrected chi connectivity index (χ1v) is 12.5. The van der Waals surface area contributed by atoms with Crippen LogP contribution in [0.5, 0.6) is 11.5 Å². The maximum atomic E-state index is 12.8. The predicted molar refractivity (Wildman–Crippen MR) is 123 cm³/mol. The van der Waals surface area contributed by atoms with E-state index in [0.717, 1.165) is 25.2 Å². The molecule has 9 heteroatoms. The van der Waals surface area contributed by atoms with Gasteiger partial charge in [0.2, 0.25) is 15.9 Å². The van der Waals surface area contributed by atoms with Crippen molar-refractivity contribution in [1.29, 1.82) is 0 Å². The topological polar surface area (TPSA) is 97.0 Å². The minimum absolute atomic E-state index is 0.0206. The monoisotopic (exact) mass is 459 g/mol. The standard InChI is InChI=1S/C23H29N3O5S/c1-17(23(27)24-18-6-8-19(9-7-18)26-12-3-2-4-13-26)25-32(28,29)20-10-11-21-22(16-20)31-15-5-14-30-21/h6-11,16-17,25H,2-5,12-15H2,1H3,(H,24,27)/t17-/m0/s1. The van der Waals surface area contributed by atoms with E-state index >= 15 is 0 Å². The number of nitrogens with zero attached hydrogens (tertiary/aromatic N) is 1. The second-order valence-electron chi connectivity index (χ2n) is 8.09. The van der Waals surface area contributed by atoms with Crippen LogP contribution < -0.4 is 24.4 Å². The first-order valence-electron chi connectivity index (χ1n) is 11.0. The molecular formula is C23H29N3O5S. The summed E-state index contributed by atoms with van der Waals surface area (Å²) in [5.41, 5.74) is 1.75. The van der Waals surface area contributed by atoms with Gasteiger partial charge in [-0.1, -0.05) is 0 Å². The highest BCUT2D eigenvalue weighted by Crippen LogP contribution is 2.32. The summed E-state index contributed by atoms with van der Waals surface area (Å²) in [5, 5.41) is 2.77. The van der Waals surface area contributed by atoms with Crippen molar-refractivity contribution in [2.24, 2.45) is 0 Å². The molecule has 2 aromatic rings. The highest BCUT2D eigenvalue weighted by Gasteiger charge is 2.24. The van der Waals surface area contributed by atoms with Crippen LogP contribution >= 0.6 is 0 Å². The molecule has 1 amide bonds. The second kappa shape index (κ2) is 9.79. The third-order valence-electron chi connectivity index (χ3n) is 5.61. The van der Waals surface area contributed by atoms with Crippen molar-refractivity contribution in [3.8, 4) is 11.5 Å². The summed E-state index contributed by atoms with van der Waals surface area (Å²) in [6.07, 6.45) is 4.38. The fourth-order valence-electron chi connectivity index (χ4n) is 3.82. The van der Waals surface area contributed by atoms with Crippen molar-refractivity contribution >= 4 is 27.3 Å². The molecule has 0 saturated carbocycles. The minimum atomic E-state index is -3.92. The average Bonchev–Trinajstić information content (AvgIpc) is 3.05. The van der Waals surface area contributed by atoms with Crippen LogP contribution in [0.15, 0.2) is 47.4 Å². The van der Waals surface area contributed by atoms with Crippen molar-refractivity contribution in [2.45, 2.75) is 43.5 Å². The fourth-order valence-corrected chi connectivity index (χ4v) is 5.04. The highest BCUT2D eigenvalue weighted by molar-refractivity contribution is 7.89. The van der Waals surface area contributed by atoms with Crippen molar-refractivity contribution < 1.29 is 22.7 Å². The molecule has 0 bridgehead atoms. The molecule has 2 heterocycles. The lowest BCUT2D eigenvalue weighted by atomic mass is 10.1. The largest absolute Gasteiger partial charge is 0.490 e. The van der Waals surface area contributed by atoms with E-state index in [2.05, 4.69) is 14.9 Å². The number of fused-ring (bicyclic) bond motifs is 1. The van der Waals surface area contributed by atoms with Gasteiger partial charge in [-0.25, -0.2) is 8.42 Å². The summed E-state index contributed by atoms with van der Waals surface area (Å²) in [6, 6.07) is 11.1. The molecule has 32 heavy (non-hydrogen) atoms. The van der Waals surface area contributed by atoms with Crippen LogP contribution in [-0.2, 0) is 14.8 Å². The molecule has 8 nitrogen and oxygen atoms in total. The molecule has 0 radical (unpaired) electrons. The van der Waals surface area contributed by atoms with Gasteiger partial charge in [-0.15, -0.1) is 0 Å². The number of anilines is 2. The van der Waals surface area contributed by atoms with Gasteiger partial charge in [-0.2, -0.15) is 4.72 Å². The smallest absolute Gasteiger partial charge is 0.242 e. The van der Waals surface area contributed by atoms with Crippen LogP contribution in [0.2, 0.25) is 0 Å². The number of nitrogens with one attached hydrogen (secondary N) is 2. The highest BCUT2D eigenvalue weighted by atomic mass is 32.2. The van der Waals surface area contributed by atoms with Gasteiger partial charge < -0.3 is 19.7 Å². The van der Waals surface area contributed by atoms with Gasteiger partial charge in [0.25, 0.3) is 0 Å². The Morgan fingerprint density at radius 3 is 2.34 bits per heavy atom. The summed E-state index contributed by atoms with van der Waals surface area (Å²) in [5.74, 6) is 0.463. The molecular weight excluding hydrogens is 430 g/mol. The quantitative estimate of drug-likeness (QED) is 0.689. The number of benzene rings is 2. The van der Waals surface area contributed by atoms with E-state index < -0.39 is 22.0 Å². The van der Waals surface area contributed by atoms with Crippen LogP contribution in [0, 0.1) is 0 Å². The zero-order valence-corrected chi connectivity index (χ0v) is 19.0. The van der Waals surface area contributed by atoms with Gasteiger partial charge in [-0.05, 0) is 62.6 Å². The van der Waals surface area contributed by atoms with Gasteiger partial charge in [0.05, 0.1) is 24.2 Å². The third-order valence-corrected chi connectivity index (χ3v) is 7.15. The average molecular weight is 460 g/mol. The van der Waals surface area contributed by atoms with Gasteiger partial charge >= 0.3 is 0 Å². The number of carbonyl (C=O) groups excluding carboxylic acids is 1. The van der Waals surface area contributed by atoms with E-state index in [0.29, 0.717) is 30.4 Å². The molecule has 2 N–H and O–H groups in total. The number of amides is 1. The van der Waals surface area contributed by atoms with Gasteiger partial charge in [0, 0.05) is 37.0 Å². The normalized spacial score (nSPS) is 17.3. The van der Waals surface area contributed by atoms with E-state index in [1.165, 1.54) is 38.3 Å². The number of piperidine rings is 1. The van der Waals surface area contributed by atoms with Gasteiger partial charge in [0.1, 0.15) is 0 Å². The van der Waals surface area contributed by atoms with Gasteiger partial charge in [0.15, 0.2) is 11.5 Å². The lowest BCUT2D eigenvalue weighted by molar-refractivity contribution is -0.117. The molecule has 2 aliphatic rings. The molecule has 1 atom stereocenters. The van der Waals surface area contributed by atoms with Crippen molar-refractivity contribution in [1.82, 2.24) is 4.72 Å². The number of rotatable bonds is 6. The summed E-state index contributed by atoms with van der Waals surface area (Å²) < 4.78 is 39.1. The second-order valence-corrected chi connectivity index (χ2v) is 9.80. The molecule has 1 fully saturated rings. The van der Waals surface area contributed by atoms with Crippen molar-refractivity contribution in [3.63, 3.8) is 0 Å². The SMILES string of the molecule is C[C@H](NS(=O)(=O)c1ccc2c(c1)OCCCO2)C(=O)Nc1ccc(N2CCCCC2)cc1. The number of hydrogen-bond donors (Lipinski definition) is 2. The Labute approximate surface area is 189 Å². The number of carbonyl (C=O) groups is 1. The van der Waals surface area contributed by atoms with E-state index in [4.69, 9.17) is 9.47 Å². The van der Waals surface area contributed by atoms with E-state index in [-0.39, 0.29) is 4.90 Å². The summed E-state index contributed by atoms with van der Waals surface area (Å²) in [7, 11) is -3.92. The molecule has 0 aliphatic carbocycles. The Bertz CT molecular complexity index is 1050. The maximum Gasteiger partial charge on any atom is 0.242 e. The lowest BCUT2D eigenvalue weighted by Gasteiger charge is -2.28. The Morgan fingerprint density at radius 2 is 1.62 bits per heavy atom. The summed E-state index contributed by atoms with van der Waals surface area (Å²) in [4.78, 5) is 14.9. The van der Waals surface area contributed by atoms with E-state index in [1.54, 1.807) is 6.07 Å². The van der Waals surface area contributed by atoms with Crippen LogP contribution in [0.4, 0.5) is 11.4 Å². The Hall–Kier alpha value is -2.78. The molecule has 0 aromatic heterocycles. The first-order chi connectivity index (χ1) is 15.4. The number of ether oxygens (including phenoxy) is 2. The zero-order valence-electron chi connectivity index (χ0n) is 18.2. The molecule has 2 aliphatic heterocycles. The predicted octanol–water partition coefficient (Wildman–Crippen LogP) is 3.14. The van der Waals surface area contributed by atoms with Crippen molar-refractivity contribution in [2.75, 3.05) is 36.5 Å². The molecule has 2 aromatic carbocycles. The summed E-state index contributed by atoms with van der Waals surface area (Å²) >= 11 is 0. The van der Waals surface area contributed by atoms with Gasteiger partial charge in [-0.3, -0.25) is 4.79 Å². The Morgan fingerprint density at radius 1 is 0.938 bits per heavy atom. The first kappa shape index (κ1) is 22.4. The van der Waals surface area contributed by atoms with Crippen LogP contribution in [0.3, 0.4) is 0 Å². The molecule has 0 spiro atoms. The van der Waals surface area contributed by atoms with E-state index in [9.17, 15) is 13.2 Å². The number of sulfonamides is 1. The van der Waals surface area contributed by atoms with Crippen molar-refractivity contribution in [3.05, 3.63) is 42.5 Å². The van der Waals surface area contributed by atoms with E-state index in [1.807, 2.05) is 24.3 Å². The maximum absolute atomic E-state index is 12.8. The fraction of sp³-hybridized carbons (Fsp3) is 0.435. The molecule has 1 saturated heterocycles. The summed E-state index contributed by atoms with van der Waals surface area (Å²) in [6.45, 7) is 4.58. The Kier molecular flexibility index (Phi) is 6.86. The minimum Gasteiger partial charge on any atom is -0.490 e. The zero-order chi connectivity index (χ0) is 22.6. The number of hydrogen-bond acceptors (Lipinski definition) is 6. The lowest BCUT2D eigenvalue weighted by Crippen LogP contribution is -2.41. The third kappa shape index (κ3) is 5.34. The van der Waals surface area contributed by atoms with Crippen LogP contribution in [0.25, 0.3) is 0 Å².